The van der Waals surface area contributed by atoms with Crippen LogP contribution in [0.25, 0.3) is 0 Å². The molecule has 0 aromatic heterocycles. The van der Waals surface area contributed by atoms with Crippen LogP contribution < -0.4 is 5.32 Å². The van der Waals surface area contributed by atoms with Gasteiger partial charge in [0.05, 0.1) is 12.5 Å². The van der Waals surface area contributed by atoms with Gasteiger partial charge in [0.15, 0.2) is 0 Å². The number of nitrogens with zero attached hydrogens (tertiary/aromatic N) is 1. The van der Waals surface area contributed by atoms with E-state index >= 15 is 0 Å². The fourth-order valence-corrected chi connectivity index (χ4v) is 1.05. The largest absolute Gasteiger partial charge is 0.481 e. The molecule has 0 radical (unpaired) electrons. The zero-order valence-corrected chi connectivity index (χ0v) is 14.4. The molecule has 0 aliphatic carbocycles. The maximum absolute atomic E-state index is 10.8. The molecule has 0 bridgehead atoms. The highest BCUT2D eigenvalue weighted by Crippen LogP contribution is 2.07. The maximum Gasteiger partial charge on any atom is 0.328 e. The predicted molar refractivity (Wildman–Crippen MR) is 91.2 cm³/mol. The van der Waals surface area contributed by atoms with Crippen LogP contribution in [0.4, 0.5) is 0 Å². The van der Waals surface area contributed by atoms with Gasteiger partial charge in [-0.15, -0.1) is 0 Å². The first kappa shape index (κ1) is 29.1. The Bertz CT molecular complexity index is 497. The minimum Gasteiger partial charge on any atom is -0.481 e. The van der Waals surface area contributed by atoms with Crippen LogP contribution in [0, 0.1) is 11.3 Å². The molecule has 0 aromatic carbocycles. The summed E-state index contributed by atoms with van der Waals surface area (Å²) in [6.07, 6.45) is 3.36. The van der Waals surface area contributed by atoms with Gasteiger partial charge in [-0.2, -0.15) is 5.26 Å². The molecule has 0 rings (SSSR count). The third-order valence-corrected chi connectivity index (χ3v) is 1.74. The van der Waals surface area contributed by atoms with Gasteiger partial charge >= 0.3 is 11.9 Å². The predicted octanol–water partition coefficient (Wildman–Crippen LogP) is 1.45. The summed E-state index contributed by atoms with van der Waals surface area (Å²) in [5.74, 6) is -2.18. The van der Waals surface area contributed by atoms with Crippen molar-refractivity contribution >= 4 is 17.8 Å². The molecule has 0 fully saturated rings. The Kier molecular flexibility index (Phi) is 20.0. The van der Waals surface area contributed by atoms with Gasteiger partial charge in [-0.3, -0.25) is 9.59 Å². The number of hydrogen-bond donors (Lipinski definition) is 3. The molecular weight excluding hydrogens is 316 g/mol. The lowest BCUT2D eigenvalue weighted by Gasteiger charge is -2.23. The summed E-state index contributed by atoms with van der Waals surface area (Å²) in [4.78, 5) is 30.8. The van der Waals surface area contributed by atoms with Crippen molar-refractivity contribution in [1.29, 1.82) is 5.26 Å². The van der Waals surface area contributed by atoms with Crippen LogP contribution >= 0.6 is 0 Å². The number of carbonyl (C=O) groups excluding carboxylic acids is 1. The van der Waals surface area contributed by atoms with E-state index in [1.54, 1.807) is 33.8 Å². The van der Waals surface area contributed by atoms with Gasteiger partial charge in [0, 0.05) is 17.7 Å². The van der Waals surface area contributed by atoms with E-state index in [4.69, 9.17) is 15.5 Å². The van der Waals surface area contributed by atoms with Crippen molar-refractivity contribution < 1.29 is 30.1 Å². The molecule has 136 valence electrons. The van der Waals surface area contributed by atoms with Crippen LogP contribution in [-0.2, 0) is 14.4 Å². The van der Waals surface area contributed by atoms with Crippen LogP contribution in [0.15, 0.2) is 37.0 Å². The number of amides is 1. The zero-order chi connectivity index (χ0) is 19.1. The van der Waals surface area contributed by atoms with E-state index in [1.807, 2.05) is 0 Å². The van der Waals surface area contributed by atoms with Gasteiger partial charge in [-0.25, -0.2) is 4.79 Å². The molecule has 0 saturated heterocycles. The van der Waals surface area contributed by atoms with E-state index in [0.29, 0.717) is 0 Å². The third-order valence-electron chi connectivity index (χ3n) is 1.74. The Morgan fingerprint density at radius 3 is 1.79 bits per heavy atom. The first-order chi connectivity index (χ1) is 10.4. The Labute approximate surface area is 142 Å². The molecule has 8 nitrogen and oxygen atoms in total. The summed E-state index contributed by atoms with van der Waals surface area (Å²) in [7, 11) is 0. The second-order valence-corrected chi connectivity index (χ2v) is 5.04. The van der Waals surface area contributed by atoms with Crippen molar-refractivity contribution in [2.45, 2.75) is 39.7 Å². The summed E-state index contributed by atoms with van der Waals surface area (Å²) in [5.41, 5.74) is 0.0874. The van der Waals surface area contributed by atoms with Crippen LogP contribution in [0.5, 0.6) is 0 Å². The third kappa shape index (κ3) is 31.5. The molecule has 0 saturated carbocycles. The van der Waals surface area contributed by atoms with Crippen molar-refractivity contribution in [3.05, 3.63) is 37.0 Å². The van der Waals surface area contributed by atoms with Crippen molar-refractivity contribution in [2.24, 2.45) is 0 Å². The average Bonchev–Trinajstić information content (AvgIpc) is 2.35. The Balaban J connectivity index is -0.000000142. The second kappa shape index (κ2) is 16.5. The van der Waals surface area contributed by atoms with Crippen LogP contribution in [0.3, 0.4) is 0 Å². The number of aliphatic carboxylic acids is 2. The molecule has 0 heterocycles. The Hall–Kier alpha value is -2.92. The fraction of sp³-hybridized carbons (Fsp3) is 0.375. The highest BCUT2D eigenvalue weighted by molar-refractivity contribution is 5.87. The standard InChI is InChI=1S/C8H13NO3.C5H8O2.C3H3N.H2O/c1-4-6(10)9-8(2,3)5-7(11)12;1-4(2)3-5(6)7;1-2-3-4;/h4H,1,5H2,2-3H3,(H,9,10)(H,11,12);3H,1-2H3,(H,6,7);2H,1H2;1H2. The second-order valence-electron chi connectivity index (χ2n) is 5.04. The monoisotopic (exact) mass is 342 g/mol. The number of allylic oxidation sites excluding steroid dienone is 2. The summed E-state index contributed by atoms with van der Waals surface area (Å²) in [5, 5.41) is 26.5. The number of rotatable bonds is 5. The molecule has 0 aromatic rings. The smallest absolute Gasteiger partial charge is 0.328 e. The van der Waals surface area contributed by atoms with Crippen molar-refractivity contribution in [3.8, 4) is 6.07 Å². The number of hydrogen-bond acceptors (Lipinski definition) is 4. The van der Waals surface area contributed by atoms with Gasteiger partial charge < -0.3 is 21.0 Å². The van der Waals surface area contributed by atoms with E-state index in [0.717, 1.165) is 11.6 Å². The number of carbonyl (C=O) groups is 3. The summed E-state index contributed by atoms with van der Waals surface area (Å²) in [6.45, 7) is 13.2. The van der Waals surface area contributed by atoms with Crippen molar-refractivity contribution in [3.63, 3.8) is 0 Å². The molecular formula is C16H26N2O6. The molecule has 0 unspecified atom stereocenters. The molecule has 0 atom stereocenters. The SMILES string of the molecule is C=CC#N.C=CC(=O)NC(C)(C)CC(=O)O.CC(C)=CC(=O)O.O. The molecule has 5 N–H and O–H groups in total. The summed E-state index contributed by atoms with van der Waals surface area (Å²) >= 11 is 0. The molecule has 8 heteroatoms. The van der Waals surface area contributed by atoms with E-state index in [9.17, 15) is 14.4 Å². The van der Waals surface area contributed by atoms with Crippen LogP contribution in [0.1, 0.15) is 34.1 Å². The van der Waals surface area contributed by atoms with Crippen LogP contribution in [-0.4, -0.2) is 39.1 Å². The number of carboxylic acid groups (broad SMARTS) is 2. The minimum atomic E-state index is -0.940. The Morgan fingerprint density at radius 1 is 1.21 bits per heavy atom. The lowest BCUT2D eigenvalue weighted by Crippen LogP contribution is -2.44. The lowest BCUT2D eigenvalue weighted by molar-refractivity contribution is -0.138. The number of nitriles is 1. The summed E-state index contributed by atoms with van der Waals surface area (Å²) in [6, 6.07) is 1.69. The molecule has 24 heavy (non-hydrogen) atoms. The van der Waals surface area contributed by atoms with Gasteiger partial charge in [-0.05, 0) is 33.8 Å². The van der Waals surface area contributed by atoms with Gasteiger partial charge in [0.1, 0.15) is 0 Å². The average molecular weight is 342 g/mol. The normalized spacial score (nSPS) is 8.12. The molecule has 0 aliphatic heterocycles. The van der Waals surface area contributed by atoms with Crippen molar-refractivity contribution in [2.75, 3.05) is 0 Å². The quantitative estimate of drug-likeness (QED) is 0.506. The zero-order valence-electron chi connectivity index (χ0n) is 14.4. The topological polar surface area (TPSA) is 159 Å². The number of carboxylic acids is 2. The molecule has 0 spiro atoms. The van der Waals surface area contributed by atoms with Gasteiger partial charge in [0.2, 0.25) is 5.91 Å². The van der Waals surface area contributed by atoms with Gasteiger partial charge in [0.25, 0.3) is 0 Å². The first-order valence-corrected chi connectivity index (χ1v) is 6.46. The number of nitrogens with one attached hydrogen (secondary N) is 1. The van der Waals surface area contributed by atoms with E-state index in [2.05, 4.69) is 18.5 Å². The van der Waals surface area contributed by atoms with E-state index in [1.165, 1.54) is 12.2 Å². The fourth-order valence-electron chi connectivity index (χ4n) is 1.05. The van der Waals surface area contributed by atoms with E-state index < -0.39 is 17.5 Å². The maximum atomic E-state index is 10.8. The minimum absolute atomic E-state index is 0. The molecule has 0 aliphatic rings. The first-order valence-electron chi connectivity index (χ1n) is 6.46. The lowest BCUT2D eigenvalue weighted by atomic mass is 10.0. The van der Waals surface area contributed by atoms with E-state index in [-0.39, 0.29) is 17.8 Å². The highest BCUT2D eigenvalue weighted by Gasteiger charge is 2.22. The van der Waals surface area contributed by atoms with Gasteiger partial charge in [-0.1, -0.05) is 18.7 Å². The summed E-state index contributed by atoms with van der Waals surface area (Å²) < 4.78 is 0. The molecule has 1 amide bonds. The van der Waals surface area contributed by atoms with Crippen molar-refractivity contribution in [1.82, 2.24) is 5.32 Å². The van der Waals surface area contributed by atoms with Crippen LogP contribution in [0.2, 0.25) is 0 Å². The Morgan fingerprint density at radius 2 is 1.62 bits per heavy atom. The highest BCUT2D eigenvalue weighted by atomic mass is 16.4.